The Balaban J connectivity index is 1.68. The maximum absolute atomic E-state index is 12.9. The molecule has 3 fully saturated rings. The van der Waals surface area contributed by atoms with E-state index in [1.165, 1.54) is 6.92 Å². The SMILES string of the molecule is CC1C(C)C2(CO2)C(=O)OC2CCN3CC=C(COC(=O)C1(C)O)C23. The number of cyclic esters (lactones) is 1. The maximum Gasteiger partial charge on any atom is 0.341 e. The number of carbonyl (C=O) groups is 2. The molecule has 7 heteroatoms. The number of esters is 2. The predicted molar refractivity (Wildman–Crippen MR) is 86.5 cm³/mol. The molecule has 0 amide bonds. The molecule has 4 aliphatic rings. The van der Waals surface area contributed by atoms with Crippen molar-refractivity contribution < 1.29 is 28.9 Å². The van der Waals surface area contributed by atoms with Crippen LogP contribution in [0.1, 0.15) is 27.2 Å². The van der Waals surface area contributed by atoms with Crippen LogP contribution >= 0.6 is 0 Å². The van der Waals surface area contributed by atoms with E-state index >= 15 is 0 Å². The van der Waals surface area contributed by atoms with E-state index in [2.05, 4.69) is 4.90 Å². The normalized spacial score (nSPS) is 47.4. The van der Waals surface area contributed by atoms with Gasteiger partial charge in [-0.25, -0.2) is 9.59 Å². The van der Waals surface area contributed by atoms with E-state index in [4.69, 9.17) is 14.2 Å². The van der Waals surface area contributed by atoms with Gasteiger partial charge in [0.05, 0.1) is 12.6 Å². The highest BCUT2D eigenvalue weighted by molar-refractivity contribution is 5.84. The van der Waals surface area contributed by atoms with E-state index in [0.29, 0.717) is 0 Å². The summed E-state index contributed by atoms with van der Waals surface area (Å²) < 4.78 is 16.8. The van der Waals surface area contributed by atoms with Crippen LogP contribution in [0.4, 0.5) is 0 Å². The molecule has 4 aliphatic heterocycles. The fourth-order valence-corrected chi connectivity index (χ4v) is 4.38. The summed E-state index contributed by atoms with van der Waals surface area (Å²) in [6.45, 7) is 6.97. The van der Waals surface area contributed by atoms with Crippen molar-refractivity contribution in [3.05, 3.63) is 11.6 Å². The van der Waals surface area contributed by atoms with Gasteiger partial charge < -0.3 is 19.3 Å². The number of nitrogens with zero attached hydrogens (tertiary/aromatic N) is 1. The minimum Gasteiger partial charge on any atom is -0.459 e. The van der Waals surface area contributed by atoms with E-state index in [-0.39, 0.29) is 37.2 Å². The van der Waals surface area contributed by atoms with Crippen molar-refractivity contribution in [1.82, 2.24) is 4.90 Å². The fourth-order valence-electron chi connectivity index (χ4n) is 4.38. The molecule has 138 valence electrons. The number of carbonyl (C=O) groups excluding carboxylic acids is 2. The van der Waals surface area contributed by atoms with Crippen LogP contribution in [0.15, 0.2) is 11.6 Å². The molecule has 0 radical (unpaired) electrons. The van der Waals surface area contributed by atoms with Gasteiger partial charge in [-0.2, -0.15) is 0 Å². The van der Waals surface area contributed by atoms with Gasteiger partial charge in [-0.1, -0.05) is 19.9 Å². The van der Waals surface area contributed by atoms with Crippen LogP contribution in [0.5, 0.6) is 0 Å². The summed E-state index contributed by atoms with van der Waals surface area (Å²) in [5.74, 6) is -1.94. The van der Waals surface area contributed by atoms with Crippen LogP contribution in [0.25, 0.3) is 0 Å². The van der Waals surface area contributed by atoms with E-state index in [0.717, 1.165) is 25.1 Å². The Morgan fingerprint density at radius 3 is 2.64 bits per heavy atom. The van der Waals surface area contributed by atoms with Crippen LogP contribution in [0.3, 0.4) is 0 Å². The van der Waals surface area contributed by atoms with Crippen LogP contribution < -0.4 is 0 Å². The van der Waals surface area contributed by atoms with Gasteiger partial charge in [0.15, 0.2) is 11.2 Å². The van der Waals surface area contributed by atoms with E-state index < -0.39 is 23.1 Å². The second-order valence-electron chi connectivity index (χ2n) is 7.93. The van der Waals surface area contributed by atoms with E-state index in [9.17, 15) is 14.7 Å². The highest BCUT2D eigenvalue weighted by Gasteiger charge is 2.63. The molecular weight excluding hydrogens is 326 g/mol. The first-order chi connectivity index (χ1) is 11.8. The summed E-state index contributed by atoms with van der Waals surface area (Å²) in [5, 5.41) is 10.8. The van der Waals surface area contributed by atoms with Gasteiger partial charge in [0, 0.05) is 24.9 Å². The zero-order valence-electron chi connectivity index (χ0n) is 14.9. The number of ether oxygens (including phenoxy) is 3. The minimum atomic E-state index is -1.70. The molecule has 3 saturated heterocycles. The highest BCUT2D eigenvalue weighted by Crippen LogP contribution is 2.45. The number of hydrogen-bond donors (Lipinski definition) is 1. The second-order valence-corrected chi connectivity index (χ2v) is 7.93. The molecular formula is C18H25NO6. The minimum absolute atomic E-state index is 0.0512. The number of hydrogen-bond acceptors (Lipinski definition) is 7. The molecule has 25 heavy (non-hydrogen) atoms. The van der Waals surface area contributed by atoms with Crippen LogP contribution in [-0.2, 0) is 23.8 Å². The molecule has 6 atom stereocenters. The first kappa shape index (κ1) is 17.0. The molecule has 0 aromatic carbocycles. The summed E-state index contributed by atoms with van der Waals surface area (Å²) in [7, 11) is 0. The van der Waals surface area contributed by atoms with Crippen molar-refractivity contribution in [2.24, 2.45) is 11.8 Å². The van der Waals surface area contributed by atoms with Crippen LogP contribution in [0.2, 0.25) is 0 Å². The summed E-state index contributed by atoms with van der Waals surface area (Å²) in [6, 6.07) is -0.0512. The topological polar surface area (TPSA) is 88.6 Å². The third-order valence-electron chi connectivity index (χ3n) is 6.63. The van der Waals surface area contributed by atoms with Crippen molar-refractivity contribution in [2.75, 3.05) is 26.3 Å². The lowest BCUT2D eigenvalue weighted by atomic mass is 9.75. The molecule has 0 bridgehead atoms. The average molecular weight is 351 g/mol. The summed E-state index contributed by atoms with van der Waals surface area (Å²) in [6.07, 6.45) is 2.54. The Labute approximate surface area is 146 Å². The lowest BCUT2D eigenvalue weighted by Gasteiger charge is -2.36. The zero-order valence-corrected chi connectivity index (χ0v) is 14.9. The third-order valence-corrected chi connectivity index (χ3v) is 6.63. The molecule has 7 nitrogen and oxygen atoms in total. The summed E-state index contributed by atoms with van der Waals surface area (Å²) >= 11 is 0. The van der Waals surface area contributed by atoms with E-state index in [1.807, 2.05) is 13.0 Å². The average Bonchev–Trinajstić information content (AvgIpc) is 3.16. The molecule has 1 N–H and O–H groups in total. The van der Waals surface area contributed by atoms with Crippen molar-refractivity contribution >= 4 is 11.9 Å². The Kier molecular flexibility index (Phi) is 3.76. The largest absolute Gasteiger partial charge is 0.459 e. The number of aliphatic hydroxyl groups is 1. The smallest absolute Gasteiger partial charge is 0.341 e. The van der Waals surface area contributed by atoms with Gasteiger partial charge in [0.1, 0.15) is 12.7 Å². The zero-order chi connectivity index (χ0) is 18.0. The Bertz CT molecular complexity index is 637. The van der Waals surface area contributed by atoms with Gasteiger partial charge >= 0.3 is 11.9 Å². The van der Waals surface area contributed by atoms with Gasteiger partial charge in [0.2, 0.25) is 0 Å². The van der Waals surface area contributed by atoms with Crippen LogP contribution in [0, 0.1) is 11.8 Å². The van der Waals surface area contributed by atoms with Gasteiger partial charge in [-0.3, -0.25) is 4.90 Å². The lowest BCUT2D eigenvalue weighted by Crippen LogP contribution is -2.52. The molecule has 4 heterocycles. The molecule has 6 unspecified atom stereocenters. The maximum atomic E-state index is 12.9. The van der Waals surface area contributed by atoms with Gasteiger partial charge in [0.25, 0.3) is 0 Å². The molecule has 0 aromatic heterocycles. The predicted octanol–water partition coefficient (Wildman–Crippen LogP) is 0.262. The quantitative estimate of drug-likeness (QED) is 0.380. The third kappa shape index (κ3) is 2.44. The van der Waals surface area contributed by atoms with Crippen LogP contribution in [-0.4, -0.2) is 71.6 Å². The van der Waals surface area contributed by atoms with Gasteiger partial charge in [-0.05, 0) is 18.9 Å². The van der Waals surface area contributed by atoms with Crippen molar-refractivity contribution in [1.29, 1.82) is 0 Å². The Morgan fingerprint density at radius 2 is 1.96 bits per heavy atom. The van der Waals surface area contributed by atoms with Crippen molar-refractivity contribution in [3.8, 4) is 0 Å². The Morgan fingerprint density at radius 1 is 1.24 bits per heavy atom. The molecule has 0 aliphatic carbocycles. The molecule has 4 rings (SSSR count). The Hall–Kier alpha value is -1.44. The molecule has 0 aromatic rings. The van der Waals surface area contributed by atoms with E-state index in [1.54, 1.807) is 6.92 Å². The monoisotopic (exact) mass is 351 g/mol. The second kappa shape index (κ2) is 5.53. The number of epoxide rings is 1. The summed E-state index contributed by atoms with van der Waals surface area (Å²) in [5.41, 5.74) is -1.84. The van der Waals surface area contributed by atoms with Gasteiger partial charge in [-0.15, -0.1) is 0 Å². The summed E-state index contributed by atoms with van der Waals surface area (Å²) in [4.78, 5) is 27.6. The molecule has 1 spiro atoms. The van der Waals surface area contributed by atoms with Crippen molar-refractivity contribution in [3.63, 3.8) is 0 Å². The first-order valence-corrected chi connectivity index (χ1v) is 8.95. The first-order valence-electron chi connectivity index (χ1n) is 8.95. The lowest BCUT2D eigenvalue weighted by molar-refractivity contribution is -0.176. The standard InChI is InChI=1S/C18H25NO6/c1-10-11(2)18(9-24-18)16(21)25-13-5-7-19-6-4-12(14(13)19)8-23-15(20)17(10,3)22/h4,10-11,13-14,22H,5-9H2,1-3H3. The molecule has 0 saturated carbocycles. The van der Waals surface area contributed by atoms with Crippen molar-refractivity contribution in [2.45, 2.75) is 50.5 Å². The highest BCUT2D eigenvalue weighted by atomic mass is 16.6. The fraction of sp³-hybridized carbons (Fsp3) is 0.778. The number of rotatable bonds is 0.